The van der Waals surface area contributed by atoms with Crippen LogP contribution in [0.5, 0.6) is 5.75 Å². The van der Waals surface area contributed by atoms with Gasteiger partial charge in [0.1, 0.15) is 12.4 Å². The number of carbonyl (C=O) groups excluding carboxylic acids is 1. The zero-order valence-corrected chi connectivity index (χ0v) is 15.5. The molecule has 0 saturated carbocycles. The smallest absolute Gasteiger partial charge is 0.237 e. The molecule has 0 fully saturated rings. The summed E-state index contributed by atoms with van der Waals surface area (Å²) in [6.45, 7) is 4.16. The summed E-state index contributed by atoms with van der Waals surface area (Å²) in [6, 6.07) is 15.1. The van der Waals surface area contributed by atoms with E-state index in [1.165, 1.54) is 0 Å². The van der Waals surface area contributed by atoms with Crippen LogP contribution in [0.25, 0.3) is 0 Å². The molecule has 0 radical (unpaired) electrons. The molecule has 0 heterocycles. The van der Waals surface area contributed by atoms with Gasteiger partial charge in [-0.25, -0.2) is 0 Å². The van der Waals surface area contributed by atoms with Crippen molar-refractivity contribution in [2.75, 3.05) is 0 Å². The number of nitrogens with two attached hydrogens (primary N) is 1. The lowest BCUT2D eigenvalue weighted by Gasteiger charge is -2.22. The fourth-order valence-electron chi connectivity index (χ4n) is 2.37. The van der Waals surface area contributed by atoms with Crippen molar-refractivity contribution in [3.8, 4) is 5.75 Å². The molecular weight excluding hydrogens is 368 g/mol. The van der Waals surface area contributed by atoms with Crippen LogP contribution >= 0.6 is 15.9 Å². The molecule has 0 spiro atoms. The maximum Gasteiger partial charge on any atom is 0.237 e. The van der Waals surface area contributed by atoms with Crippen molar-refractivity contribution >= 4 is 21.8 Å². The number of rotatable bonds is 7. The first-order valence-corrected chi connectivity index (χ1v) is 8.83. The second-order valence-electron chi connectivity index (χ2n) is 5.68. The molecule has 0 saturated heterocycles. The summed E-state index contributed by atoms with van der Waals surface area (Å²) in [4.78, 5) is 11.9. The zero-order chi connectivity index (χ0) is 17.5. The molecule has 2 aromatic rings. The van der Waals surface area contributed by atoms with Crippen molar-refractivity contribution in [3.05, 3.63) is 64.1 Å². The fraction of sp³-hybridized carbons (Fsp3) is 0.316. The van der Waals surface area contributed by atoms with E-state index in [1.807, 2.05) is 55.5 Å². The molecule has 0 bridgehead atoms. The number of halogens is 1. The Hall–Kier alpha value is -1.85. The van der Waals surface area contributed by atoms with E-state index in [0.29, 0.717) is 6.61 Å². The Labute approximate surface area is 151 Å². The highest BCUT2D eigenvalue weighted by Gasteiger charge is 2.18. The van der Waals surface area contributed by atoms with Crippen LogP contribution in [0.3, 0.4) is 0 Å². The number of hydrogen-bond acceptors (Lipinski definition) is 3. The topological polar surface area (TPSA) is 64.4 Å². The van der Waals surface area contributed by atoms with Crippen LogP contribution in [-0.4, -0.2) is 11.9 Å². The van der Waals surface area contributed by atoms with Crippen LogP contribution in [0.2, 0.25) is 0 Å². The number of hydrogen-bond donors (Lipinski definition) is 2. The molecule has 2 atom stereocenters. The molecule has 1 amide bonds. The number of amides is 1. The minimum atomic E-state index is -0.535. The molecule has 4 nitrogen and oxygen atoms in total. The monoisotopic (exact) mass is 390 g/mol. The van der Waals surface area contributed by atoms with E-state index in [2.05, 4.69) is 21.2 Å². The number of nitrogens with one attached hydrogen (secondary N) is 1. The van der Waals surface area contributed by atoms with E-state index in [-0.39, 0.29) is 11.9 Å². The lowest BCUT2D eigenvalue weighted by atomic mass is 10.0. The van der Waals surface area contributed by atoms with Gasteiger partial charge in [0.15, 0.2) is 0 Å². The third kappa shape index (κ3) is 4.82. The highest BCUT2D eigenvalue weighted by atomic mass is 79.9. The van der Waals surface area contributed by atoms with Gasteiger partial charge in [-0.2, -0.15) is 0 Å². The van der Waals surface area contributed by atoms with Crippen LogP contribution in [-0.2, 0) is 11.4 Å². The molecule has 0 aromatic heterocycles. The van der Waals surface area contributed by atoms with Crippen molar-refractivity contribution in [2.24, 2.45) is 5.73 Å². The van der Waals surface area contributed by atoms with Gasteiger partial charge in [-0.05, 0) is 25.5 Å². The second-order valence-corrected chi connectivity index (χ2v) is 6.53. The third-order valence-corrected chi connectivity index (χ3v) is 4.55. The molecule has 24 heavy (non-hydrogen) atoms. The highest BCUT2D eigenvalue weighted by Crippen LogP contribution is 2.28. The molecule has 0 aliphatic heterocycles. The van der Waals surface area contributed by atoms with Crippen LogP contribution < -0.4 is 15.8 Å². The predicted molar refractivity (Wildman–Crippen MR) is 99.7 cm³/mol. The Morgan fingerprint density at radius 1 is 1.21 bits per heavy atom. The summed E-state index contributed by atoms with van der Waals surface area (Å²) >= 11 is 3.53. The Kier molecular flexibility index (Phi) is 6.82. The van der Waals surface area contributed by atoms with E-state index >= 15 is 0 Å². The molecule has 2 aromatic carbocycles. The quantitative estimate of drug-likeness (QED) is 0.752. The maximum absolute atomic E-state index is 11.9. The molecular formula is C19H23BrN2O2. The van der Waals surface area contributed by atoms with E-state index in [1.54, 1.807) is 6.92 Å². The highest BCUT2D eigenvalue weighted by molar-refractivity contribution is 9.10. The number of benzene rings is 2. The fourth-order valence-corrected chi connectivity index (χ4v) is 2.77. The molecule has 3 N–H and O–H groups in total. The van der Waals surface area contributed by atoms with Gasteiger partial charge < -0.3 is 15.8 Å². The Morgan fingerprint density at radius 2 is 1.88 bits per heavy atom. The first-order chi connectivity index (χ1) is 11.5. The first-order valence-electron chi connectivity index (χ1n) is 8.04. The van der Waals surface area contributed by atoms with Crippen molar-refractivity contribution in [1.82, 2.24) is 5.32 Å². The van der Waals surface area contributed by atoms with Crippen LogP contribution in [0.1, 0.15) is 37.4 Å². The SMILES string of the molecule is CCC(NC(=O)[C@@H](C)N)c1ccccc1OCc1ccccc1Br. The average molecular weight is 391 g/mol. The molecule has 2 rings (SSSR count). The molecule has 128 valence electrons. The summed E-state index contributed by atoms with van der Waals surface area (Å²) < 4.78 is 7.03. The van der Waals surface area contributed by atoms with Gasteiger partial charge >= 0.3 is 0 Å². The lowest BCUT2D eigenvalue weighted by Crippen LogP contribution is -2.40. The van der Waals surface area contributed by atoms with Crippen LogP contribution in [0, 0.1) is 0 Å². The second kappa shape index (κ2) is 8.85. The minimum Gasteiger partial charge on any atom is -0.489 e. The molecule has 5 heteroatoms. The normalized spacial score (nSPS) is 13.2. The first kappa shape index (κ1) is 18.5. The van der Waals surface area contributed by atoms with Gasteiger partial charge in [-0.3, -0.25) is 4.79 Å². The number of carbonyl (C=O) groups is 1. The van der Waals surface area contributed by atoms with Crippen molar-refractivity contribution < 1.29 is 9.53 Å². The molecule has 0 aliphatic rings. The van der Waals surface area contributed by atoms with E-state index < -0.39 is 6.04 Å². The maximum atomic E-state index is 11.9. The van der Waals surface area contributed by atoms with Gasteiger partial charge in [-0.15, -0.1) is 0 Å². The number of ether oxygens (including phenoxy) is 1. The average Bonchev–Trinajstić information content (AvgIpc) is 2.59. The summed E-state index contributed by atoms with van der Waals surface area (Å²) in [7, 11) is 0. The molecule has 1 unspecified atom stereocenters. The largest absolute Gasteiger partial charge is 0.489 e. The Balaban J connectivity index is 2.16. The van der Waals surface area contributed by atoms with Gasteiger partial charge in [0.2, 0.25) is 5.91 Å². The van der Waals surface area contributed by atoms with E-state index in [9.17, 15) is 4.79 Å². The lowest BCUT2D eigenvalue weighted by molar-refractivity contribution is -0.122. The standard InChI is InChI=1S/C19H23BrN2O2/c1-3-17(22-19(23)13(2)21)15-9-5-7-11-18(15)24-12-14-8-4-6-10-16(14)20/h4-11,13,17H,3,12,21H2,1-2H3,(H,22,23)/t13-,17?/m1/s1. The predicted octanol–water partition coefficient (Wildman–Crippen LogP) is 3.94. The Bertz CT molecular complexity index is 689. The van der Waals surface area contributed by atoms with Crippen LogP contribution in [0.15, 0.2) is 53.0 Å². The van der Waals surface area contributed by atoms with Crippen molar-refractivity contribution in [1.29, 1.82) is 0 Å². The van der Waals surface area contributed by atoms with Gasteiger partial charge in [-0.1, -0.05) is 59.3 Å². The van der Waals surface area contributed by atoms with Gasteiger partial charge in [0, 0.05) is 15.6 Å². The van der Waals surface area contributed by atoms with E-state index in [4.69, 9.17) is 10.5 Å². The van der Waals surface area contributed by atoms with Gasteiger partial charge in [0.25, 0.3) is 0 Å². The summed E-state index contributed by atoms with van der Waals surface area (Å²) in [6.07, 6.45) is 0.758. The number of para-hydroxylation sites is 1. The minimum absolute atomic E-state index is 0.126. The van der Waals surface area contributed by atoms with Gasteiger partial charge in [0.05, 0.1) is 12.1 Å². The molecule has 0 aliphatic carbocycles. The van der Waals surface area contributed by atoms with Crippen molar-refractivity contribution in [3.63, 3.8) is 0 Å². The summed E-state index contributed by atoms with van der Waals surface area (Å²) in [5, 5.41) is 2.98. The Morgan fingerprint density at radius 3 is 2.54 bits per heavy atom. The summed E-state index contributed by atoms with van der Waals surface area (Å²) in [5.41, 5.74) is 7.69. The summed E-state index contributed by atoms with van der Waals surface area (Å²) in [5.74, 6) is 0.604. The van der Waals surface area contributed by atoms with Crippen LogP contribution in [0.4, 0.5) is 0 Å². The van der Waals surface area contributed by atoms with E-state index in [0.717, 1.165) is 27.8 Å². The van der Waals surface area contributed by atoms with Crippen molar-refractivity contribution in [2.45, 2.75) is 39.0 Å². The zero-order valence-electron chi connectivity index (χ0n) is 14.0. The third-order valence-electron chi connectivity index (χ3n) is 3.77.